The van der Waals surface area contributed by atoms with Crippen LogP contribution in [0.2, 0.25) is 0 Å². The summed E-state index contributed by atoms with van der Waals surface area (Å²) in [7, 11) is 1.50. The van der Waals surface area contributed by atoms with Crippen LogP contribution < -0.4 is 25.8 Å². The van der Waals surface area contributed by atoms with Crippen LogP contribution in [-0.4, -0.2) is 38.3 Å². The highest BCUT2D eigenvalue weighted by Gasteiger charge is 2.18. The fraction of sp³-hybridized carbons (Fsp3) is 0.250. The summed E-state index contributed by atoms with van der Waals surface area (Å²) in [5, 5.41) is 10.2. The summed E-state index contributed by atoms with van der Waals surface area (Å²) in [4.78, 5) is 20.4. The smallest absolute Gasteiger partial charge is 0.274 e. The van der Waals surface area contributed by atoms with Crippen LogP contribution in [0.15, 0.2) is 42.9 Å². The molecule has 0 saturated heterocycles. The van der Waals surface area contributed by atoms with E-state index in [9.17, 15) is 13.6 Å². The highest BCUT2D eigenvalue weighted by Crippen LogP contribution is 2.33. The average molecular weight is 498 g/mol. The van der Waals surface area contributed by atoms with Crippen molar-refractivity contribution >= 4 is 34.0 Å². The SMILES string of the molecule is COc1cc2ncnc(Nc3ccc(Oc4nn(CC(=O)NC(C)(C)C)cc4F)cc3F)c2cc1N. The van der Waals surface area contributed by atoms with Crippen molar-refractivity contribution in [2.45, 2.75) is 32.9 Å². The molecule has 0 fully saturated rings. The van der Waals surface area contributed by atoms with E-state index in [4.69, 9.17) is 15.2 Å². The molecular weight excluding hydrogens is 472 g/mol. The van der Waals surface area contributed by atoms with Crippen LogP contribution in [0.4, 0.5) is 26.0 Å². The minimum Gasteiger partial charge on any atom is -0.495 e. The fourth-order valence-corrected chi connectivity index (χ4v) is 3.41. The first-order valence-corrected chi connectivity index (χ1v) is 10.9. The third kappa shape index (κ3) is 5.59. The first-order valence-electron chi connectivity index (χ1n) is 10.9. The number of benzene rings is 2. The number of aromatic nitrogens is 4. The number of hydrogen-bond acceptors (Lipinski definition) is 8. The van der Waals surface area contributed by atoms with Gasteiger partial charge in [0.05, 0.1) is 30.2 Å². The van der Waals surface area contributed by atoms with Gasteiger partial charge in [0.15, 0.2) is 0 Å². The Morgan fingerprint density at radius 3 is 2.61 bits per heavy atom. The number of ether oxygens (including phenoxy) is 2. The first-order chi connectivity index (χ1) is 17.0. The third-order valence-electron chi connectivity index (χ3n) is 4.90. The van der Waals surface area contributed by atoms with Gasteiger partial charge in [-0.05, 0) is 39.0 Å². The van der Waals surface area contributed by atoms with Gasteiger partial charge < -0.3 is 25.8 Å². The van der Waals surface area contributed by atoms with Crippen LogP contribution in [0.1, 0.15) is 20.8 Å². The molecule has 2 aromatic heterocycles. The van der Waals surface area contributed by atoms with Crippen molar-refractivity contribution in [2.75, 3.05) is 18.2 Å². The molecule has 1 amide bonds. The molecule has 36 heavy (non-hydrogen) atoms. The monoisotopic (exact) mass is 497 g/mol. The number of nitrogens with zero attached hydrogens (tertiary/aromatic N) is 4. The Bertz CT molecular complexity index is 1430. The molecule has 0 spiro atoms. The van der Waals surface area contributed by atoms with Gasteiger partial charge >= 0.3 is 0 Å². The minimum atomic E-state index is -0.790. The molecule has 188 valence electrons. The molecule has 4 rings (SSSR count). The normalized spacial score (nSPS) is 11.4. The average Bonchev–Trinajstić information content (AvgIpc) is 3.12. The predicted octanol–water partition coefficient (Wildman–Crippen LogP) is 4.15. The van der Waals surface area contributed by atoms with Crippen molar-refractivity contribution in [3.63, 3.8) is 0 Å². The predicted molar refractivity (Wildman–Crippen MR) is 130 cm³/mol. The summed E-state index contributed by atoms with van der Waals surface area (Å²) >= 11 is 0. The number of amides is 1. The fourth-order valence-electron chi connectivity index (χ4n) is 3.41. The Morgan fingerprint density at radius 2 is 1.92 bits per heavy atom. The molecule has 0 atom stereocenters. The largest absolute Gasteiger partial charge is 0.495 e. The summed E-state index contributed by atoms with van der Waals surface area (Å²) in [6.07, 6.45) is 2.36. The molecule has 0 radical (unpaired) electrons. The number of nitrogen functional groups attached to an aromatic ring is 1. The lowest BCUT2D eigenvalue weighted by molar-refractivity contribution is -0.123. The Morgan fingerprint density at radius 1 is 1.14 bits per heavy atom. The number of anilines is 3. The highest BCUT2D eigenvalue weighted by atomic mass is 19.1. The molecule has 2 aromatic carbocycles. The number of carbonyl (C=O) groups excluding carboxylic acids is 1. The number of hydrogen-bond donors (Lipinski definition) is 3. The van der Waals surface area contributed by atoms with Gasteiger partial charge in [-0.3, -0.25) is 9.48 Å². The second kappa shape index (κ2) is 9.64. The summed E-state index contributed by atoms with van der Waals surface area (Å²) in [6, 6.07) is 7.22. The lowest BCUT2D eigenvalue weighted by Crippen LogP contribution is -2.42. The molecule has 10 nitrogen and oxygen atoms in total. The van der Waals surface area contributed by atoms with Crippen LogP contribution in [-0.2, 0) is 11.3 Å². The van der Waals surface area contributed by atoms with Gasteiger partial charge in [0, 0.05) is 23.1 Å². The summed E-state index contributed by atoms with van der Waals surface area (Å²) < 4.78 is 40.9. The topological polar surface area (TPSA) is 129 Å². The maximum absolute atomic E-state index is 14.9. The number of fused-ring (bicyclic) bond motifs is 1. The molecule has 4 aromatic rings. The molecule has 4 N–H and O–H groups in total. The van der Waals surface area contributed by atoms with Crippen molar-refractivity contribution in [3.05, 3.63) is 54.5 Å². The molecule has 0 aliphatic heterocycles. The summed E-state index contributed by atoms with van der Waals surface area (Å²) in [5.41, 5.74) is 6.59. The molecule has 0 saturated carbocycles. The van der Waals surface area contributed by atoms with E-state index in [2.05, 4.69) is 25.7 Å². The van der Waals surface area contributed by atoms with E-state index in [1.54, 1.807) is 12.1 Å². The zero-order chi connectivity index (χ0) is 26.0. The Balaban J connectivity index is 1.50. The molecule has 0 bridgehead atoms. The van der Waals surface area contributed by atoms with E-state index in [1.807, 2.05) is 20.8 Å². The highest BCUT2D eigenvalue weighted by molar-refractivity contribution is 5.94. The van der Waals surface area contributed by atoms with E-state index >= 15 is 0 Å². The Labute approximate surface area is 205 Å². The Kier molecular flexibility index (Phi) is 6.60. The van der Waals surface area contributed by atoms with Crippen molar-refractivity contribution < 1.29 is 23.0 Å². The molecule has 0 aliphatic carbocycles. The van der Waals surface area contributed by atoms with Crippen LogP contribution in [0.3, 0.4) is 0 Å². The van der Waals surface area contributed by atoms with E-state index in [1.165, 1.54) is 25.6 Å². The molecule has 12 heteroatoms. The maximum atomic E-state index is 14.9. The van der Waals surface area contributed by atoms with Crippen LogP contribution >= 0.6 is 0 Å². The van der Waals surface area contributed by atoms with Crippen molar-refractivity contribution in [3.8, 4) is 17.4 Å². The zero-order valence-corrected chi connectivity index (χ0v) is 20.1. The van der Waals surface area contributed by atoms with Gasteiger partial charge in [-0.25, -0.2) is 14.4 Å². The maximum Gasteiger partial charge on any atom is 0.274 e. The summed E-state index contributed by atoms with van der Waals surface area (Å²) in [5.74, 6) is -1.38. The van der Waals surface area contributed by atoms with Gasteiger partial charge in [0.25, 0.3) is 5.88 Å². The van der Waals surface area contributed by atoms with E-state index in [0.29, 0.717) is 28.2 Å². The van der Waals surface area contributed by atoms with Crippen LogP contribution in [0.5, 0.6) is 17.4 Å². The van der Waals surface area contributed by atoms with Crippen molar-refractivity contribution in [1.82, 2.24) is 25.1 Å². The minimum absolute atomic E-state index is 0.0165. The van der Waals surface area contributed by atoms with Gasteiger partial charge in [-0.15, -0.1) is 5.10 Å². The number of halogens is 2. The van der Waals surface area contributed by atoms with Gasteiger partial charge in [-0.1, -0.05) is 0 Å². The molecule has 2 heterocycles. The van der Waals surface area contributed by atoms with Crippen LogP contribution in [0, 0.1) is 11.6 Å². The standard InChI is InChI=1S/C24H25F2N7O3/c1-24(2,3)31-21(34)11-33-10-16(26)23(32-33)36-13-5-6-18(15(25)7-13)30-22-14-8-17(27)20(35-4)9-19(14)28-12-29-22/h5-10,12H,11,27H2,1-4H3,(H,31,34)(H,28,29,30). The number of methoxy groups -OCH3 is 1. The second-order valence-electron chi connectivity index (χ2n) is 8.98. The number of nitrogens with one attached hydrogen (secondary N) is 2. The summed E-state index contributed by atoms with van der Waals surface area (Å²) in [6.45, 7) is 5.29. The Hall–Kier alpha value is -4.48. The van der Waals surface area contributed by atoms with Crippen molar-refractivity contribution in [2.24, 2.45) is 0 Å². The lowest BCUT2D eigenvalue weighted by Gasteiger charge is -2.20. The first kappa shape index (κ1) is 24.6. The quantitative estimate of drug-likeness (QED) is 0.325. The van der Waals surface area contributed by atoms with Gasteiger partial charge in [0.2, 0.25) is 11.7 Å². The van der Waals surface area contributed by atoms with Gasteiger partial charge in [-0.2, -0.15) is 4.39 Å². The van der Waals surface area contributed by atoms with Crippen molar-refractivity contribution in [1.29, 1.82) is 0 Å². The number of nitrogens with two attached hydrogens (primary N) is 1. The molecule has 0 unspecified atom stereocenters. The lowest BCUT2D eigenvalue weighted by atomic mass is 10.1. The number of rotatable bonds is 7. The van der Waals surface area contributed by atoms with E-state index < -0.39 is 17.2 Å². The molecular formula is C24H25F2N7O3. The van der Waals surface area contributed by atoms with E-state index in [-0.39, 0.29) is 29.8 Å². The molecule has 0 aliphatic rings. The second-order valence-corrected chi connectivity index (χ2v) is 8.98. The van der Waals surface area contributed by atoms with Gasteiger partial charge in [0.1, 0.15) is 36.0 Å². The number of carbonyl (C=O) groups is 1. The zero-order valence-electron chi connectivity index (χ0n) is 20.1. The van der Waals surface area contributed by atoms with E-state index in [0.717, 1.165) is 16.9 Å². The third-order valence-corrected chi connectivity index (χ3v) is 4.90. The van der Waals surface area contributed by atoms with Crippen LogP contribution in [0.25, 0.3) is 10.9 Å².